The first-order valence-corrected chi connectivity index (χ1v) is 4.99. The van der Waals surface area contributed by atoms with Crippen molar-refractivity contribution in [3.8, 4) is 0 Å². The number of benzene rings is 1. The van der Waals surface area contributed by atoms with Gasteiger partial charge in [0.15, 0.2) is 0 Å². The van der Waals surface area contributed by atoms with Crippen molar-refractivity contribution in [3.63, 3.8) is 0 Å². The summed E-state index contributed by atoms with van der Waals surface area (Å²) in [5.74, 6) is -0.873. The summed E-state index contributed by atoms with van der Waals surface area (Å²) in [6.07, 6.45) is 0. The molecule has 1 aromatic carbocycles. The maximum absolute atomic E-state index is 11.5. The lowest BCUT2D eigenvalue weighted by Gasteiger charge is -2.05. The highest BCUT2D eigenvalue weighted by atomic mass is 16.6. The minimum absolute atomic E-state index is 0.0615. The summed E-state index contributed by atoms with van der Waals surface area (Å²) in [5.41, 5.74) is -1.46. The topological polar surface area (TPSA) is 113 Å². The third-order valence-electron chi connectivity index (χ3n) is 2.28. The molecule has 8 heteroatoms. The number of nitro benzene ring substituents is 2. The summed E-state index contributed by atoms with van der Waals surface area (Å²) in [4.78, 5) is 31.5. The van der Waals surface area contributed by atoms with Crippen molar-refractivity contribution in [2.75, 3.05) is 6.61 Å². The van der Waals surface area contributed by atoms with E-state index in [-0.39, 0.29) is 17.7 Å². The standard InChI is InChI=1S/C10H10N2O6/c1-3-18-10(13)7-4-5-8(11(14)15)6(2)9(7)12(16)17/h4-5H,3H2,1-2H3. The third kappa shape index (κ3) is 2.42. The van der Waals surface area contributed by atoms with Crippen LogP contribution < -0.4 is 0 Å². The van der Waals surface area contributed by atoms with Gasteiger partial charge in [0.05, 0.1) is 16.5 Å². The largest absolute Gasteiger partial charge is 0.462 e. The molecule has 0 unspecified atom stereocenters. The lowest BCUT2D eigenvalue weighted by molar-refractivity contribution is -0.395. The first-order chi connectivity index (χ1) is 8.40. The maximum Gasteiger partial charge on any atom is 0.345 e. The third-order valence-corrected chi connectivity index (χ3v) is 2.28. The average Bonchev–Trinajstić information content (AvgIpc) is 2.27. The highest BCUT2D eigenvalue weighted by Crippen LogP contribution is 2.31. The Labute approximate surface area is 101 Å². The fraction of sp³-hybridized carbons (Fsp3) is 0.300. The van der Waals surface area contributed by atoms with E-state index in [1.807, 2.05) is 0 Å². The zero-order chi connectivity index (χ0) is 13.9. The second kappa shape index (κ2) is 5.21. The minimum atomic E-state index is -0.873. The molecule has 0 spiro atoms. The van der Waals surface area contributed by atoms with Gasteiger partial charge in [-0.2, -0.15) is 0 Å². The number of rotatable bonds is 4. The van der Waals surface area contributed by atoms with E-state index in [0.717, 1.165) is 12.1 Å². The number of carbonyl (C=O) groups excluding carboxylic acids is 1. The zero-order valence-corrected chi connectivity index (χ0v) is 9.71. The van der Waals surface area contributed by atoms with Crippen molar-refractivity contribution in [2.24, 2.45) is 0 Å². The minimum Gasteiger partial charge on any atom is -0.462 e. The Hall–Kier alpha value is -2.51. The van der Waals surface area contributed by atoms with E-state index < -0.39 is 27.2 Å². The van der Waals surface area contributed by atoms with E-state index in [1.54, 1.807) is 6.92 Å². The lowest BCUT2D eigenvalue weighted by atomic mass is 10.1. The number of ether oxygens (including phenoxy) is 1. The van der Waals surface area contributed by atoms with Gasteiger partial charge in [0.25, 0.3) is 11.4 Å². The number of carbonyl (C=O) groups is 1. The molecule has 96 valence electrons. The molecule has 0 radical (unpaired) electrons. The monoisotopic (exact) mass is 254 g/mol. The Bertz CT molecular complexity index is 525. The molecule has 0 aliphatic carbocycles. The van der Waals surface area contributed by atoms with Crippen LogP contribution >= 0.6 is 0 Å². The van der Waals surface area contributed by atoms with Crippen LogP contribution in [0.4, 0.5) is 11.4 Å². The quantitative estimate of drug-likeness (QED) is 0.461. The smallest absolute Gasteiger partial charge is 0.345 e. The van der Waals surface area contributed by atoms with Gasteiger partial charge in [-0.25, -0.2) is 4.79 Å². The van der Waals surface area contributed by atoms with Gasteiger partial charge in [0.2, 0.25) is 0 Å². The Balaban J connectivity index is 3.46. The predicted molar refractivity (Wildman–Crippen MR) is 60.4 cm³/mol. The first kappa shape index (κ1) is 13.6. The Morgan fingerprint density at radius 3 is 2.33 bits per heavy atom. The lowest BCUT2D eigenvalue weighted by Crippen LogP contribution is -2.10. The summed E-state index contributed by atoms with van der Waals surface area (Å²) in [6, 6.07) is 2.08. The number of hydrogen-bond acceptors (Lipinski definition) is 6. The molecule has 0 heterocycles. The van der Waals surface area contributed by atoms with Gasteiger partial charge in [-0.05, 0) is 19.9 Å². The fourth-order valence-electron chi connectivity index (χ4n) is 1.50. The maximum atomic E-state index is 11.5. The van der Waals surface area contributed by atoms with Crippen LogP contribution in [0.2, 0.25) is 0 Å². The second-order valence-electron chi connectivity index (χ2n) is 3.34. The molecule has 18 heavy (non-hydrogen) atoms. The Kier molecular flexibility index (Phi) is 3.93. The summed E-state index contributed by atoms with van der Waals surface area (Å²) < 4.78 is 4.66. The van der Waals surface area contributed by atoms with E-state index in [0.29, 0.717) is 0 Å². The van der Waals surface area contributed by atoms with E-state index >= 15 is 0 Å². The fourth-order valence-corrected chi connectivity index (χ4v) is 1.50. The van der Waals surface area contributed by atoms with Gasteiger partial charge >= 0.3 is 5.97 Å². The highest BCUT2D eigenvalue weighted by Gasteiger charge is 2.29. The van der Waals surface area contributed by atoms with Crippen LogP contribution in [-0.4, -0.2) is 22.4 Å². The zero-order valence-electron chi connectivity index (χ0n) is 9.71. The van der Waals surface area contributed by atoms with Crippen LogP contribution in [-0.2, 0) is 4.74 Å². The first-order valence-electron chi connectivity index (χ1n) is 4.99. The summed E-state index contributed by atoms with van der Waals surface area (Å²) >= 11 is 0. The van der Waals surface area contributed by atoms with Crippen LogP contribution in [0.25, 0.3) is 0 Å². The molecule has 8 nitrogen and oxygen atoms in total. The molecule has 0 atom stereocenters. The van der Waals surface area contributed by atoms with Gasteiger partial charge in [0.1, 0.15) is 11.1 Å². The predicted octanol–water partition coefficient (Wildman–Crippen LogP) is 1.99. The molecule has 0 aliphatic heterocycles. The summed E-state index contributed by atoms with van der Waals surface area (Å²) in [6.45, 7) is 2.84. The summed E-state index contributed by atoms with van der Waals surface area (Å²) in [7, 11) is 0. The molecule has 0 saturated carbocycles. The molecule has 0 amide bonds. The molecule has 0 bridgehead atoms. The second-order valence-corrected chi connectivity index (χ2v) is 3.34. The number of esters is 1. The van der Waals surface area contributed by atoms with Crippen molar-refractivity contribution < 1.29 is 19.4 Å². The van der Waals surface area contributed by atoms with Gasteiger partial charge in [-0.1, -0.05) is 0 Å². The number of hydrogen-bond donors (Lipinski definition) is 0. The number of nitrogens with zero attached hydrogens (tertiary/aromatic N) is 2. The van der Waals surface area contributed by atoms with E-state index in [4.69, 9.17) is 0 Å². The van der Waals surface area contributed by atoms with Crippen LogP contribution in [0.15, 0.2) is 12.1 Å². The molecule has 0 fully saturated rings. The van der Waals surface area contributed by atoms with E-state index in [2.05, 4.69) is 4.74 Å². The molecular weight excluding hydrogens is 244 g/mol. The van der Waals surface area contributed by atoms with Gasteiger partial charge < -0.3 is 4.74 Å². The van der Waals surface area contributed by atoms with Crippen molar-refractivity contribution in [3.05, 3.63) is 43.5 Å². The number of nitro groups is 2. The van der Waals surface area contributed by atoms with Crippen molar-refractivity contribution in [1.82, 2.24) is 0 Å². The molecule has 1 aromatic rings. The highest BCUT2D eigenvalue weighted by molar-refractivity contribution is 5.95. The molecular formula is C10H10N2O6. The van der Waals surface area contributed by atoms with Gasteiger partial charge in [-0.3, -0.25) is 20.2 Å². The molecule has 0 aromatic heterocycles. The van der Waals surface area contributed by atoms with Crippen molar-refractivity contribution in [1.29, 1.82) is 0 Å². The van der Waals surface area contributed by atoms with Crippen molar-refractivity contribution in [2.45, 2.75) is 13.8 Å². The van der Waals surface area contributed by atoms with Gasteiger partial charge in [-0.15, -0.1) is 0 Å². The molecule has 1 rings (SSSR count). The van der Waals surface area contributed by atoms with Crippen LogP contribution in [0.5, 0.6) is 0 Å². The van der Waals surface area contributed by atoms with Crippen LogP contribution in [0.3, 0.4) is 0 Å². The van der Waals surface area contributed by atoms with Gasteiger partial charge in [0, 0.05) is 6.07 Å². The molecule has 0 aliphatic rings. The Morgan fingerprint density at radius 1 is 1.28 bits per heavy atom. The molecule has 0 saturated heterocycles. The van der Waals surface area contributed by atoms with E-state index in [1.165, 1.54) is 6.92 Å². The molecule has 0 N–H and O–H groups in total. The van der Waals surface area contributed by atoms with Crippen LogP contribution in [0, 0.1) is 27.2 Å². The Morgan fingerprint density at radius 2 is 1.89 bits per heavy atom. The summed E-state index contributed by atoms with van der Waals surface area (Å²) in [5, 5.41) is 21.6. The van der Waals surface area contributed by atoms with Crippen LogP contribution in [0.1, 0.15) is 22.8 Å². The average molecular weight is 254 g/mol. The normalized spacial score (nSPS) is 9.89. The van der Waals surface area contributed by atoms with Crippen molar-refractivity contribution >= 4 is 17.3 Å². The SMILES string of the molecule is CCOC(=O)c1ccc([N+](=O)[O-])c(C)c1[N+](=O)[O-]. The van der Waals surface area contributed by atoms with E-state index in [9.17, 15) is 25.0 Å².